The highest BCUT2D eigenvalue weighted by atomic mass is 16.5. The normalized spacial score (nSPS) is 15.0. The van der Waals surface area contributed by atoms with Gasteiger partial charge in [0, 0.05) is 12.5 Å². The predicted molar refractivity (Wildman–Crippen MR) is 94.5 cm³/mol. The average Bonchev–Trinajstić information content (AvgIpc) is 2.89. The molecule has 0 fully saturated rings. The van der Waals surface area contributed by atoms with Gasteiger partial charge in [0.1, 0.15) is 0 Å². The molecule has 2 aromatic rings. The number of ether oxygens (including phenoxy) is 1. The van der Waals surface area contributed by atoms with Crippen LogP contribution in [0.1, 0.15) is 25.0 Å². The van der Waals surface area contributed by atoms with Gasteiger partial charge in [-0.15, -0.1) is 0 Å². The number of nitrogens with zero attached hydrogens (tertiary/aromatic N) is 1. The Morgan fingerprint density at radius 1 is 1.00 bits per heavy atom. The molecule has 0 saturated carbocycles. The van der Waals surface area contributed by atoms with E-state index in [1.54, 1.807) is 55.5 Å². The summed E-state index contributed by atoms with van der Waals surface area (Å²) in [5.41, 5.74) is 1.96. The van der Waals surface area contributed by atoms with Crippen molar-refractivity contribution >= 4 is 34.6 Å². The van der Waals surface area contributed by atoms with Crippen LogP contribution in [-0.4, -0.2) is 24.4 Å². The zero-order valence-electron chi connectivity index (χ0n) is 14.0. The third-order valence-electron chi connectivity index (χ3n) is 3.94. The molecule has 3 rings (SSSR count). The number of rotatable bonds is 3. The van der Waals surface area contributed by atoms with Gasteiger partial charge < -0.3 is 4.74 Å². The third-order valence-corrected chi connectivity index (χ3v) is 3.94. The van der Waals surface area contributed by atoms with Gasteiger partial charge in [0.2, 0.25) is 5.91 Å². The fourth-order valence-corrected chi connectivity index (χ4v) is 2.94. The zero-order chi connectivity index (χ0) is 18.0. The van der Waals surface area contributed by atoms with Crippen molar-refractivity contribution in [3.63, 3.8) is 0 Å². The summed E-state index contributed by atoms with van der Waals surface area (Å²) in [4.78, 5) is 38.7. The van der Waals surface area contributed by atoms with Gasteiger partial charge in [0.15, 0.2) is 0 Å². The summed E-state index contributed by atoms with van der Waals surface area (Å²) >= 11 is 0. The van der Waals surface area contributed by atoms with Gasteiger partial charge in [-0.1, -0.05) is 48.5 Å². The van der Waals surface area contributed by atoms with Crippen molar-refractivity contribution < 1.29 is 19.1 Å². The number of imide groups is 1. The molecule has 0 aliphatic carbocycles. The molecule has 5 heteroatoms. The van der Waals surface area contributed by atoms with Crippen LogP contribution in [0.5, 0.6) is 0 Å². The summed E-state index contributed by atoms with van der Waals surface area (Å²) in [6.45, 7) is 3.22. The van der Waals surface area contributed by atoms with E-state index in [0.29, 0.717) is 16.8 Å². The van der Waals surface area contributed by atoms with Crippen LogP contribution in [0.4, 0.5) is 5.69 Å². The molecule has 2 aromatic carbocycles. The number of fused-ring (bicyclic) bond motifs is 1. The molecule has 1 heterocycles. The SMILES string of the molecule is CCOC(=O)/C(=C1\C(=O)N(C(C)=O)c2ccccc21)c1ccccc1. The molecular weight excluding hydrogens is 318 g/mol. The molecule has 0 radical (unpaired) electrons. The summed E-state index contributed by atoms with van der Waals surface area (Å²) in [7, 11) is 0. The van der Waals surface area contributed by atoms with Gasteiger partial charge in [0.05, 0.1) is 23.4 Å². The van der Waals surface area contributed by atoms with E-state index >= 15 is 0 Å². The van der Waals surface area contributed by atoms with Crippen molar-refractivity contribution in [2.45, 2.75) is 13.8 Å². The smallest absolute Gasteiger partial charge is 0.339 e. The second-order valence-corrected chi connectivity index (χ2v) is 5.51. The summed E-state index contributed by atoms with van der Waals surface area (Å²) in [6, 6.07) is 15.8. The fraction of sp³-hybridized carbons (Fsp3) is 0.150. The number of para-hydroxylation sites is 1. The first kappa shape index (κ1) is 16.6. The van der Waals surface area contributed by atoms with E-state index in [4.69, 9.17) is 4.74 Å². The van der Waals surface area contributed by atoms with Crippen LogP contribution < -0.4 is 4.90 Å². The van der Waals surface area contributed by atoms with E-state index in [1.165, 1.54) is 6.92 Å². The molecule has 0 aromatic heterocycles. The van der Waals surface area contributed by atoms with Crippen LogP contribution in [0.3, 0.4) is 0 Å². The minimum atomic E-state index is -0.586. The maximum Gasteiger partial charge on any atom is 0.339 e. The zero-order valence-corrected chi connectivity index (χ0v) is 14.0. The fourth-order valence-electron chi connectivity index (χ4n) is 2.94. The molecule has 0 saturated heterocycles. The second kappa shape index (κ2) is 6.73. The minimum Gasteiger partial charge on any atom is -0.462 e. The molecule has 0 spiro atoms. The highest BCUT2D eigenvalue weighted by Gasteiger charge is 2.38. The van der Waals surface area contributed by atoms with Crippen LogP contribution in [0.2, 0.25) is 0 Å². The summed E-state index contributed by atoms with van der Waals surface area (Å²) in [5.74, 6) is -1.50. The van der Waals surface area contributed by atoms with Crippen molar-refractivity contribution in [2.24, 2.45) is 0 Å². The van der Waals surface area contributed by atoms with Gasteiger partial charge in [0.25, 0.3) is 5.91 Å². The number of carbonyl (C=O) groups excluding carboxylic acids is 3. The Bertz CT molecular complexity index is 884. The lowest BCUT2D eigenvalue weighted by molar-refractivity contribution is -0.136. The Labute approximate surface area is 145 Å². The highest BCUT2D eigenvalue weighted by molar-refractivity contribution is 6.48. The molecule has 1 aliphatic heterocycles. The van der Waals surface area contributed by atoms with Crippen LogP contribution in [0.15, 0.2) is 54.6 Å². The van der Waals surface area contributed by atoms with E-state index in [0.717, 1.165) is 4.90 Å². The predicted octanol–water partition coefficient (Wildman–Crippen LogP) is 3.05. The van der Waals surface area contributed by atoms with Crippen LogP contribution in [0, 0.1) is 0 Å². The molecule has 1 aliphatic rings. The van der Waals surface area contributed by atoms with Gasteiger partial charge >= 0.3 is 5.97 Å². The molecular formula is C20H17NO4. The molecule has 0 unspecified atom stereocenters. The maximum absolute atomic E-state index is 13.0. The Hall–Kier alpha value is -3.21. The Kier molecular flexibility index (Phi) is 4.48. The Morgan fingerprint density at radius 3 is 2.28 bits per heavy atom. The molecule has 0 atom stereocenters. The van der Waals surface area contributed by atoms with Crippen molar-refractivity contribution in [3.8, 4) is 0 Å². The largest absolute Gasteiger partial charge is 0.462 e. The number of hydrogen-bond acceptors (Lipinski definition) is 4. The van der Waals surface area contributed by atoms with Crippen LogP contribution in [-0.2, 0) is 19.1 Å². The number of esters is 1. The van der Waals surface area contributed by atoms with E-state index < -0.39 is 17.8 Å². The first-order chi connectivity index (χ1) is 12.1. The van der Waals surface area contributed by atoms with Crippen molar-refractivity contribution in [1.82, 2.24) is 0 Å². The minimum absolute atomic E-state index is 0.170. The average molecular weight is 335 g/mol. The van der Waals surface area contributed by atoms with Crippen LogP contribution >= 0.6 is 0 Å². The molecule has 2 amide bonds. The molecule has 0 bridgehead atoms. The summed E-state index contributed by atoms with van der Waals surface area (Å²) in [5, 5.41) is 0. The topological polar surface area (TPSA) is 63.7 Å². The van der Waals surface area contributed by atoms with Gasteiger partial charge in [-0.3, -0.25) is 9.59 Å². The number of hydrogen-bond donors (Lipinski definition) is 0. The Morgan fingerprint density at radius 2 is 1.64 bits per heavy atom. The molecule has 0 N–H and O–H groups in total. The summed E-state index contributed by atoms with van der Waals surface area (Å²) in [6.07, 6.45) is 0. The molecule has 25 heavy (non-hydrogen) atoms. The van der Waals surface area contributed by atoms with Gasteiger partial charge in [-0.2, -0.15) is 0 Å². The molecule has 126 valence electrons. The van der Waals surface area contributed by atoms with Crippen molar-refractivity contribution in [2.75, 3.05) is 11.5 Å². The van der Waals surface area contributed by atoms with E-state index in [2.05, 4.69) is 0 Å². The summed E-state index contributed by atoms with van der Waals surface area (Å²) < 4.78 is 5.18. The maximum atomic E-state index is 13.0. The number of benzene rings is 2. The quantitative estimate of drug-likeness (QED) is 0.639. The monoisotopic (exact) mass is 335 g/mol. The first-order valence-corrected chi connectivity index (χ1v) is 7.97. The number of amides is 2. The van der Waals surface area contributed by atoms with Crippen molar-refractivity contribution in [3.05, 3.63) is 65.7 Å². The second-order valence-electron chi connectivity index (χ2n) is 5.51. The molecule has 5 nitrogen and oxygen atoms in total. The van der Waals surface area contributed by atoms with Crippen LogP contribution in [0.25, 0.3) is 11.1 Å². The standard InChI is InChI=1S/C20H17NO4/c1-3-25-20(24)17(14-9-5-4-6-10-14)18-15-11-7-8-12-16(15)21(13(2)22)19(18)23/h4-12H,3H2,1-2H3/b18-17-. The van der Waals surface area contributed by atoms with E-state index in [-0.39, 0.29) is 17.8 Å². The first-order valence-electron chi connectivity index (χ1n) is 7.97. The van der Waals surface area contributed by atoms with Crippen molar-refractivity contribution in [1.29, 1.82) is 0 Å². The number of anilines is 1. The van der Waals surface area contributed by atoms with Gasteiger partial charge in [-0.05, 0) is 18.6 Å². The highest BCUT2D eigenvalue weighted by Crippen LogP contribution is 2.41. The van der Waals surface area contributed by atoms with E-state index in [1.807, 2.05) is 6.07 Å². The number of carbonyl (C=O) groups is 3. The van der Waals surface area contributed by atoms with E-state index in [9.17, 15) is 14.4 Å². The third kappa shape index (κ3) is 2.85. The Balaban J connectivity index is 2.32. The lowest BCUT2D eigenvalue weighted by Crippen LogP contribution is -2.31. The van der Waals surface area contributed by atoms with Gasteiger partial charge in [-0.25, -0.2) is 9.69 Å². The lowest BCUT2D eigenvalue weighted by atomic mass is 9.95. The lowest BCUT2D eigenvalue weighted by Gasteiger charge is -2.13.